The highest BCUT2D eigenvalue weighted by Gasteiger charge is 2.36. The van der Waals surface area contributed by atoms with Crippen molar-refractivity contribution in [1.29, 1.82) is 0 Å². The Morgan fingerprint density at radius 3 is 2.33 bits per heavy atom. The van der Waals surface area contributed by atoms with Crippen molar-refractivity contribution < 1.29 is 14.8 Å². The molecule has 0 aromatic rings. The average Bonchev–Trinajstić information content (AvgIpc) is 2.34. The van der Waals surface area contributed by atoms with Crippen LogP contribution in [0.5, 0.6) is 0 Å². The van der Waals surface area contributed by atoms with E-state index in [1.807, 2.05) is 0 Å². The second kappa shape index (κ2) is 6.83. The molecule has 0 spiro atoms. The zero-order valence-corrected chi connectivity index (χ0v) is 11.4. The SMILES string of the molecule is CCNC(=O)CN(CC)C(=O)C(C)(C)C(N)=NO. The van der Waals surface area contributed by atoms with Crippen LogP contribution in [0.25, 0.3) is 0 Å². The van der Waals surface area contributed by atoms with Crippen LogP contribution in [0.4, 0.5) is 0 Å². The lowest BCUT2D eigenvalue weighted by molar-refractivity contribution is -0.140. The molecule has 0 aromatic carbocycles. The number of carbonyl (C=O) groups is 2. The number of oxime groups is 1. The maximum absolute atomic E-state index is 12.2. The molecule has 0 saturated carbocycles. The zero-order chi connectivity index (χ0) is 14.3. The highest BCUT2D eigenvalue weighted by Crippen LogP contribution is 2.19. The van der Waals surface area contributed by atoms with Gasteiger partial charge in [-0.25, -0.2) is 0 Å². The van der Waals surface area contributed by atoms with Gasteiger partial charge >= 0.3 is 0 Å². The number of nitrogens with one attached hydrogen (secondary N) is 1. The molecule has 0 atom stereocenters. The molecule has 7 heteroatoms. The smallest absolute Gasteiger partial charge is 0.239 e. The summed E-state index contributed by atoms with van der Waals surface area (Å²) in [6.07, 6.45) is 0. The molecule has 0 aliphatic carbocycles. The van der Waals surface area contributed by atoms with Crippen LogP contribution in [-0.2, 0) is 9.59 Å². The highest BCUT2D eigenvalue weighted by molar-refractivity contribution is 6.06. The summed E-state index contributed by atoms with van der Waals surface area (Å²) >= 11 is 0. The molecule has 7 nitrogen and oxygen atoms in total. The first-order valence-electron chi connectivity index (χ1n) is 5.85. The van der Waals surface area contributed by atoms with Crippen LogP contribution in [0.2, 0.25) is 0 Å². The number of amidine groups is 1. The van der Waals surface area contributed by atoms with E-state index in [9.17, 15) is 9.59 Å². The highest BCUT2D eigenvalue weighted by atomic mass is 16.4. The Morgan fingerprint density at radius 2 is 1.94 bits per heavy atom. The van der Waals surface area contributed by atoms with E-state index >= 15 is 0 Å². The fourth-order valence-electron chi connectivity index (χ4n) is 1.38. The molecule has 2 amide bonds. The minimum Gasteiger partial charge on any atom is -0.409 e. The molecule has 18 heavy (non-hydrogen) atoms. The number of hydrogen-bond acceptors (Lipinski definition) is 4. The summed E-state index contributed by atoms with van der Waals surface area (Å²) < 4.78 is 0. The molecule has 0 fully saturated rings. The first kappa shape index (κ1) is 16.2. The van der Waals surface area contributed by atoms with Crippen molar-refractivity contribution in [2.24, 2.45) is 16.3 Å². The third-order valence-corrected chi connectivity index (χ3v) is 2.66. The minimum absolute atomic E-state index is 0.0364. The Morgan fingerprint density at radius 1 is 1.39 bits per heavy atom. The Labute approximate surface area is 107 Å². The van der Waals surface area contributed by atoms with Gasteiger partial charge < -0.3 is 21.2 Å². The lowest BCUT2D eigenvalue weighted by atomic mass is 9.90. The van der Waals surface area contributed by atoms with Gasteiger partial charge in [0, 0.05) is 13.1 Å². The summed E-state index contributed by atoms with van der Waals surface area (Å²) in [4.78, 5) is 25.0. The van der Waals surface area contributed by atoms with Gasteiger partial charge in [-0.2, -0.15) is 0 Å². The number of nitrogens with zero attached hydrogens (tertiary/aromatic N) is 2. The van der Waals surface area contributed by atoms with Crippen molar-refractivity contribution in [2.75, 3.05) is 19.6 Å². The summed E-state index contributed by atoms with van der Waals surface area (Å²) in [7, 11) is 0. The fourth-order valence-corrected chi connectivity index (χ4v) is 1.38. The van der Waals surface area contributed by atoms with Gasteiger partial charge in [0.05, 0.1) is 6.54 Å². The molecule has 0 heterocycles. The molecule has 104 valence electrons. The topological polar surface area (TPSA) is 108 Å². The lowest BCUT2D eigenvalue weighted by Crippen LogP contribution is -2.50. The summed E-state index contributed by atoms with van der Waals surface area (Å²) in [6.45, 7) is 7.50. The van der Waals surface area contributed by atoms with E-state index in [0.717, 1.165) is 0 Å². The summed E-state index contributed by atoms with van der Waals surface area (Å²) in [5.74, 6) is -0.767. The lowest BCUT2D eigenvalue weighted by Gasteiger charge is -2.29. The van der Waals surface area contributed by atoms with Gasteiger partial charge in [0.2, 0.25) is 11.8 Å². The fraction of sp³-hybridized carbons (Fsp3) is 0.727. The van der Waals surface area contributed by atoms with Gasteiger partial charge in [-0.1, -0.05) is 5.16 Å². The van der Waals surface area contributed by atoms with E-state index in [-0.39, 0.29) is 24.2 Å². The van der Waals surface area contributed by atoms with E-state index in [4.69, 9.17) is 10.9 Å². The van der Waals surface area contributed by atoms with Crippen LogP contribution in [0.15, 0.2) is 5.16 Å². The maximum Gasteiger partial charge on any atom is 0.239 e. The second-order valence-corrected chi connectivity index (χ2v) is 4.38. The number of hydrogen-bond donors (Lipinski definition) is 3. The molecule has 0 aliphatic rings. The number of carbonyl (C=O) groups excluding carboxylic acids is 2. The molecule has 0 aromatic heterocycles. The Balaban J connectivity index is 4.86. The number of nitrogens with two attached hydrogens (primary N) is 1. The molecular weight excluding hydrogens is 236 g/mol. The predicted molar refractivity (Wildman–Crippen MR) is 68.1 cm³/mol. The molecule has 0 rings (SSSR count). The van der Waals surface area contributed by atoms with Crippen molar-refractivity contribution >= 4 is 17.6 Å². The van der Waals surface area contributed by atoms with Gasteiger partial charge in [0.25, 0.3) is 0 Å². The summed E-state index contributed by atoms with van der Waals surface area (Å²) in [5.41, 5.74) is 4.34. The monoisotopic (exact) mass is 258 g/mol. The third-order valence-electron chi connectivity index (χ3n) is 2.66. The van der Waals surface area contributed by atoms with Gasteiger partial charge in [-0.05, 0) is 27.7 Å². The molecule has 0 aliphatic heterocycles. The van der Waals surface area contributed by atoms with Crippen LogP contribution >= 0.6 is 0 Å². The van der Waals surface area contributed by atoms with Crippen molar-refractivity contribution in [2.45, 2.75) is 27.7 Å². The van der Waals surface area contributed by atoms with Crippen LogP contribution in [0.1, 0.15) is 27.7 Å². The molecule has 0 bridgehead atoms. The van der Waals surface area contributed by atoms with Crippen molar-refractivity contribution in [3.63, 3.8) is 0 Å². The maximum atomic E-state index is 12.2. The number of amides is 2. The molecule has 0 saturated heterocycles. The minimum atomic E-state index is -1.14. The van der Waals surface area contributed by atoms with Crippen LogP contribution in [0, 0.1) is 5.41 Å². The summed E-state index contributed by atoms with van der Waals surface area (Å²) in [6, 6.07) is 0. The van der Waals surface area contributed by atoms with Crippen LogP contribution in [-0.4, -0.2) is 47.4 Å². The predicted octanol–water partition coefficient (Wildman–Crippen LogP) is -0.256. The Bertz CT molecular complexity index is 339. The normalized spacial score (nSPS) is 12.1. The van der Waals surface area contributed by atoms with Gasteiger partial charge in [0.15, 0.2) is 5.84 Å². The molecule has 4 N–H and O–H groups in total. The van der Waals surface area contributed by atoms with Crippen molar-refractivity contribution in [3.05, 3.63) is 0 Å². The van der Waals surface area contributed by atoms with E-state index in [1.54, 1.807) is 27.7 Å². The standard InChI is InChI=1S/C11H22N4O3/c1-5-13-8(16)7-15(6-2)10(17)11(3,4)9(12)14-18/h18H,5-7H2,1-4H3,(H2,12,14)(H,13,16). The van der Waals surface area contributed by atoms with Crippen LogP contribution < -0.4 is 11.1 Å². The molecule has 0 unspecified atom stereocenters. The first-order chi connectivity index (χ1) is 8.31. The van der Waals surface area contributed by atoms with E-state index in [1.165, 1.54) is 4.90 Å². The quantitative estimate of drug-likeness (QED) is 0.264. The third kappa shape index (κ3) is 3.90. The Kier molecular flexibility index (Phi) is 6.15. The zero-order valence-electron chi connectivity index (χ0n) is 11.4. The van der Waals surface area contributed by atoms with Crippen molar-refractivity contribution in [1.82, 2.24) is 10.2 Å². The average molecular weight is 258 g/mol. The molecular formula is C11H22N4O3. The largest absolute Gasteiger partial charge is 0.409 e. The number of likely N-dealkylation sites (N-methyl/N-ethyl adjacent to an activating group) is 2. The van der Waals surface area contributed by atoms with Gasteiger partial charge in [0.1, 0.15) is 5.41 Å². The summed E-state index contributed by atoms with van der Waals surface area (Å²) in [5, 5.41) is 14.1. The Hall–Kier alpha value is -1.79. The van der Waals surface area contributed by atoms with E-state index in [0.29, 0.717) is 13.1 Å². The second-order valence-electron chi connectivity index (χ2n) is 4.38. The van der Waals surface area contributed by atoms with Crippen molar-refractivity contribution in [3.8, 4) is 0 Å². The van der Waals surface area contributed by atoms with E-state index < -0.39 is 5.41 Å². The number of rotatable bonds is 6. The van der Waals surface area contributed by atoms with Gasteiger partial charge in [-0.15, -0.1) is 0 Å². The van der Waals surface area contributed by atoms with Crippen LogP contribution in [0.3, 0.4) is 0 Å². The van der Waals surface area contributed by atoms with Gasteiger partial charge in [-0.3, -0.25) is 9.59 Å². The van der Waals surface area contributed by atoms with E-state index in [2.05, 4.69) is 10.5 Å². The molecule has 0 radical (unpaired) electrons. The first-order valence-corrected chi connectivity index (χ1v) is 5.85.